The van der Waals surface area contributed by atoms with Gasteiger partial charge in [-0.05, 0) is 44.8 Å². The van der Waals surface area contributed by atoms with Crippen LogP contribution in [-0.2, 0) is 0 Å². The van der Waals surface area contributed by atoms with Gasteiger partial charge in [-0.25, -0.2) is 0 Å². The second-order valence-electron chi connectivity index (χ2n) is 5.58. The second-order valence-corrected chi connectivity index (χ2v) is 5.58. The van der Waals surface area contributed by atoms with Crippen LogP contribution in [0.25, 0.3) is 0 Å². The molecular weight excluding hydrogens is 208 g/mol. The number of nitrogens with one attached hydrogen (secondary N) is 1. The van der Waals surface area contributed by atoms with E-state index in [4.69, 9.17) is 0 Å². The molecule has 1 fully saturated rings. The van der Waals surface area contributed by atoms with Crippen LogP contribution in [-0.4, -0.2) is 37.1 Å². The first-order valence-electron chi connectivity index (χ1n) is 7.75. The summed E-state index contributed by atoms with van der Waals surface area (Å²) in [5, 5.41) is 3.63. The molecule has 0 aromatic heterocycles. The van der Waals surface area contributed by atoms with Crippen LogP contribution < -0.4 is 5.32 Å². The third-order valence-electron chi connectivity index (χ3n) is 4.01. The first-order chi connectivity index (χ1) is 8.30. The van der Waals surface area contributed by atoms with Crippen LogP contribution in [0.2, 0.25) is 0 Å². The van der Waals surface area contributed by atoms with Crippen molar-refractivity contribution in [2.45, 2.75) is 65.3 Å². The maximum absolute atomic E-state index is 3.63. The summed E-state index contributed by atoms with van der Waals surface area (Å²) in [5.74, 6) is 1.01. The molecule has 0 aliphatic carbocycles. The van der Waals surface area contributed by atoms with Crippen LogP contribution in [0.1, 0.15) is 59.3 Å². The van der Waals surface area contributed by atoms with Gasteiger partial charge in [0, 0.05) is 12.6 Å². The Bertz CT molecular complexity index is 168. The Balaban J connectivity index is 2.22. The molecule has 1 unspecified atom stereocenters. The molecule has 1 heterocycles. The fourth-order valence-corrected chi connectivity index (χ4v) is 3.07. The average molecular weight is 240 g/mol. The lowest BCUT2D eigenvalue weighted by molar-refractivity contribution is 0.161. The molecule has 2 nitrogen and oxygen atoms in total. The highest BCUT2D eigenvalue weighted by Crippen LogP contribution is 2.21. The molecule has 17 heavy (non-hydrogen) atoms. The maximum atomic E-state index is 3.63. The van der Waals surface area contributed by atoms with Crippen molar-refractivity contribution in [3.8, 4) is 0 Å². The zero-order chi connectivity index (χ0) is 12.5. The second kappa shape index (κ2) is 8.93. The number of nitrogens with zero attached hydrogens (tertiary/aromatic N) is 1. The number of likely N-dealkylation sites (N-methyl/N-ethyl adjacent to an activating group) is 1. The maximum Gasteiger partial charge on any atom is 0.0194 e. The van der Waals surface area contributed by atoms with E-state index in [1.165, 1.54) is 58.2 Å². The number of piperidine rings is 1. The molecule has 1 aliphatic heterocycles. The van der Waals surface area contributed by atoms with Crippen LogP contribution in [0, 0.1) is 5.92 Å². The van der Waals surface area contributed by atoms with Gasteiger partial charge in [0.05, 0.1) is 0 Å². The fourth-order valence-electron chi connectivity index (χ4n) is 3.07. The summed E-state index contributed by atoms with van der Waals surface area (Å²) in [5.41, 5.74) is 0. The molecule has 102 valence electrons. The normalized spacial score (nSPS) is 20.6. The summed E-state index contributed by atoms with van der Waals surface area (Å²) < 4.78 is 0. The number of hydrogen-bond donors (Lipinski definition) is 1. The van der Waals surface area contributed by atoms with Crippen LogP contribution in [0.4, 0.5) is 0 Å². The predicted octanol–water partition coefficient (Wildman–Crippen LogP) is 3.28. The number of rotatable bonds is 8. The van der Waals surface area contributed by atoms with E-state index in [1.807, 2.05) is 0 Å². The first-order valence-corrected chi connectivity index (χ1v) is 7.75. The first kappa shape index (κ1) is 15.0. The monoisotopic (exact) mass is 240 g/mol. The third kappa shape index (κ3) is 5.87. The van der Waals surface area contributed by atoms with E-state index < -0.39 is 0 Å². The minimum absolute atomic E-state index is 0.715. The average Bonchev–Trinajstić information content (AvgIpc) is 2.33. The molecule has 0 radical (unpaired) electrons. The van der Waals surface area contributed by atoms with E-state index in [0.717, 1.165) is 12.5 Å². The van der Waals surface area contributed by atoms with Gasteiger partial charge < -0.3 is 10.2 Å². The van der Waals surface area contributed by atoms with Gasteiger partial charge in [0.1, 0.15) is 0 Å². The molecule has 0 aromatic rings. The molecule has 0 amide bonds. The van der Waals surface area contributed by atoms with Crippen LogP contribution in [0.5, 0.6) is 0 Å². The van der Waals surface area contributed by atoms with Crippen LogP contribution in [0.15, 0.2) is 0 Å². The van der Waals surface area contributed by atoms with Gasteiger partial charge >= 0.3 is 0 Å². The van der Waals surface area contributed by atoms with Gasteiger partial charge in [-0.1, -0.05) is 40.0 Å². The van der Waals surface area contributed by atoms with E-state index in [1.54, 1.807) is 0 Å². The van der Waals surface area contributed by atoms with Gasteiger partial charge in [-0.3, -0.25) is 0 Å². The van der Waals surface area contributed by atoms with Gasteiger partial charge in [0.15, 0.2) is 0 Å². The zero-order valence-corrected chi connectivity index (χ0v) is 12.2. The van der Waals surface area contributed by atoms with E-state index in [9.17, 15) is 0 Å². The highest BCUT2D eigenvalue weighted by Gasteiger charge is 2.20. The van der Waals surface area contributed by atoms with E-state index in [2.05, 4.69) is 31.0 Å². The topological polar surface area (TPSA) is 15.3 Å². The van der Waals surface area contributed by atoms with Crippen molar-refractivity contribution in [1.29, 1.82) is 0 Å². The van der Waals surface area contributed by atoms with Gasteiger partial charge in [0.25, 0.3) is 0 Å². The fraction of sp³-hybridized carbons (Fsp3) is 1.00. The Hall–Kier alpha value is -0.0800. The third-order valence-corrected chi connectivity index (χ3v) is 4.01. The Labute approximate surface area is 108 Å². The Kier molecular flexibility index (Phi) is 7.87. The summed E-state index contributed by atoms with van der Waals surface area (Å²) in [6.45, 7) is 11.9. The van der Waals surface area contributed by atoms with Crippen molar-refractivity contribution >= 4 is 0 Å². The molecule has 2 heteroatoms. The standard InChI is InChI=1S/C15H32N2/c1-4-7-14-9-11-17(12-10-14)13-15(8-5-2)16-6-3/h14-16H,4-13H2,1-3H3. The Morgan fingerprint density at radius 2 is 1.82 bits per heavy atom. The highest BCUT2D eigenvalue weighted by atomic mass is 15.2. The molecule has 1 atom stereocenters. The molecule has 1 rings (SSSR count). The van der Waals surface area contributed by atoms with E-state index in [0.29, 0.717) is 6.04 Å². The van der Waals surface area contributed by atoms with Crippen molar-refractivity contribution in [3.63, 3.8) is 0 Å². The molecule has 1 aliphatic rings. The smallest absolute Gasteiger partial charge is 0.0194 e. The largest absolute Gasteiger partial charge is 0.313 e. The zero-order valence-electron chi connectivity index (χ0n) is 12.2. The van der Waals surface area contributed by atoms with Gasteiger partial charge in [-0.2, -0.15) is 0 Å². The lowest BCUT2D eigenvalue weighted by Gasteiger charge is -2.34. The molecule has 0 aromatic carbocycles. The number of hydrogen-bond acceptors (Lipinski definition) is 2. The summed E-state index contributed by atoms with van der Waals surface area (Å²) in [6, 6.07) is 0.715. The van der Waals surface area contributed by atoms with Crippen LogP contribution >= 0.6 is 0 Å². The number of likely N-dealkylation sites (tertiary alicyclic amines) is 1. The molecule has 1 saturated heterocycles. The van der Waals surface area contributed by atoms with Gasteiger partial charge in [0.2, 0.25) is 0 Å². The van der Waals surface area contributed by atoms with Crippen molar-refractivity contribution < 1.29 is 0 Å². The van der Waals surface area contributed by atoms with Crippen molar-refractivity contribution in [2.75, 3.05) is 26.2 Å². The minimum Gasteiger partial charge on any atom is -0.313 e. The quantitative estimate of drug-likeness (QED) is 0.700. The SMILES string of the molecule is CCCC1CCN(CC(CCC)NCC)CC1. The highest BCUT2D eigenvalue weighted by molar-refractivity contribution is 4.77. The van der Waals surface area contributed by atoms with Gasteiger partial charge in [-0.15, -0.1) is 0 Å². The minimum atomic E-state index is 0.715. The molecule has 0 spiro atoms. The summed E-state index contributed by atoms with van der Waals surface area (Å²) in [4.78, 5) is 2.68. The Morgan fingerprint density at radius 3 is 2.35 bits per heavy atom. The van der Waals surface area contributed by atoms with Crippen molar-refractivity contribution in [3.05, 3.63) is 0 Å². The molecule has 1 N–H and O–H groups in total. The molecule has 0 bridgehead atoms. The Morgan fingerprint density at radius 1 is 1.12 bits per heavy atom. The predicted molar refractivity (Wildman–Crippen MR) is 76.4 cm³/mol. The molecule has 0 saturated carbocycles. The lowest BCUT2D eigenvalue weighted by Crippen LogP contribution is -2.44. The van der Waals surface area contributed by atoms with Crippen molar-refractivity contribution in [2.24, 2.45) is 5.92 Å². The molecular formula is C15H32N2. The van der Waals surface area contributed by atoms with E-state index >= 15 is 0 Å². The summed E-state index contributed by atoms with van der Waals surface area (Å²) in [6.07, 6.45) is 8.28. The lowest BCUT2D eigenvalue weighted by atomic mass is 9.92. The summed E-state index contributed by atoms with van der Waals surface area (Å²) >= 11 is 0. The van der Waals surface area contributed by atoms with E-state index in [-0.39, 0.29) is 0 Å². The summed E-state index contributed by atoms with van der Waals surface area (Å²) in [7, 11) is 0. The van der Waals surface area contributed by atoms with Crippen LogP contribution in [0.3, 0.4) is 0 Å². The van der Waals surface area contributed by atoms with Crippen molar-refractivity contribution in [1.82, 2.24) is 10.2 Å².